The third kappa shape index (κ3) is 4.25. The Labute approximate surface area is 131 Å². The second-order valence-corrected chi connectivity index (χ2v) is 5.34. The summed E-state index contributed by atoms with van der Waals surface area (Å²) in [6, 6.07) is 14.4. The number of carbonyl (C=O) groups is 1. The van der Waals surface area contributed by atoms with Gasteiger partial charge in [-0.1, -0.05) is 29.8 Å². The Morgan fingerprint density at radius 2 is 2.00 bits per heavy atom. The van der Waals surface area contributed by atoms with Crippen LogP contribution in [0.2, 0.25) is 5.02 Å². The lowest BCUT2D eigenvalue weighted by molar-refractivity contribution is 0.0947. The van der Waals surface area contributed by atoms with E-state index >= 15 is 0 Å². The zero-order valence-corrected chi connectivity index (χ0v) is 12.9. The summed E-state index contributed by atoms with van der Waals surface area (Å²) in [5, 5.41) is 3.32. The van der Waals surface area contributed by atoms with Gasteiger partial charge in [0.1, 0.15) is 12.4 Å². The molecule has 0 radical (unpaired) electrons. The van der Waals surface area contributed by atoms with Crippen LogP contribution >= 0.6 is 27.5 Å². The van der Waals surface area contributed by atoms with E-state index in [2.05, 4.69) is 21.2 Å². The molecule has 5 heteroatoms. The minimum Gasteiger partial charge on any atom is -0.491 e. The van der Waals surface area contributed by atoms with Crippen LogP contribution < -0.4 is 10.1 Å². The predicted molar refractivity (Wildman–Crippen MR) is 83.4 cm³/mol. The van der Waals surface area contributed by atoms with E-state index in [1.807, 2.05) is 24.3 Å². The summed E-state index contributed by atoms with van der Waals surface area (Å²) in [5.74, 6) is 0.590. The first-order chi connectivity index (χ1) is 9.66. The van der Waals surface area contributed by atoms with E-state index in [1.165, 1.54) is 0 Å². The minimum absolute atomic E-state index is 0.164. The summed E-state index contributed by atoms with van der Waals surface area (Å²) in [7, 11) is 0. The molecule has 0 unspecified atom stereocenters. The first-order valence-corrected chi connectivity index (χ1v) is 7.25. The van der Waals surface area contributed by atoms with Gasteiger partial charge in [-0.2, -0.15) is 0 Å². The first-order valence-electron chi connectivity index (χ1n) is 6.08. The van der Waals surface area contributed by atoms with Crippen molar-refractivity contribution < 1.29 is 9.53 Å². The highest BCUT2D eigenvalue weighted by molar-refractivity contribution is 9.10. The van der Waals surface area contributed by atoms with Crippen LogP contribution in [0, 0.1) is 0 Å². The van der Waals surface area contributed by atoms with Crippen molar-refractivity contribution in [3.8, 4) is 5.75 Å². The largest absolute Gasteiger partial charge is 0.491 e. The molecule has 2 rings (SSSR count). The van der Waals surface area contributed by atoms with E-state index in [0.717, 1.165) is 10.2 Å². The fourth-order valence-electron chi connectivity index (χ4n) is 1.62. The number of para-hydroxylation sites is 1. The third-order valence-corrected chi connectivity index (χ3v) is 3.46. The molecule has 3 nitrogen and oxygen atoms in total. The SMILES string of the molecule is O=C(NCCOc1ccccc1Br)c1cccc(Cl)c1. The van der Waals surface area contributed by atoms with Crippen LogP contribution in [0.25, 0.3) is 0 Å². The van der Waals surface area contributed by atoms with Gasteiger partial charge in [-0.3, -0.25) is 4.79 Å². The Morgan fingerprint density at radius 1 is 1.20 bits per heavy atom. The van der Waals surface area contributed by atoms with Gasteiger partial charge >= 0.3 is 0 Å². The van der Waals surface area contributed by atoms with Crippen molar-refractivity contribution in [3.63, 3.8) is 0 Å². The van der Waals surface area contributed by atoms with Crippen LogP contribution in [-0.2, 0) is 0 Å². The number of carbonyl (C=O) groups excluding carboxylic acids is 1. The van der Waals surface area contributed by atoms with Crippen LogP contribution in [0.1, 0.15) is 10.4 Å². The molecule has 2 aromatic rings. The van der Waals surface area contributed by atoms with Gasteiger partial charge in [0.15, 0.2) is 0 Å². The first kappa shape index (κ1) is 14.9. The molecular formula is C15H13BrClNO2. The molecule has 0 saturated carbocycles. The smallest absolute Gasteiger partial charge is 0.251 e. The van der Waals surface area contributed by atoms with Crippen LogP contribution in [0.15, 0.2) is 53.0 Å². The van der Waals surface area contributed by atoms with Crippen LogP contribution in [0.4, 0.5) is 0 Å². The lowest BCUT2D eigenvalue weighted by Crippen LogP contribution is -2.28. The number of rotatable bonds is 5. The van der Waals surface area contributed by atoms with Gasteiger partial charge in [0.2, 0.25) is 0 Å². The fourth-order valence-corrected chi connectivity index (χ4v) is 2.21. The molecule has 0 heterocycles. The van der Waals surface area contributed by atoms with Gasteiger partial charge in [0.05, 0.1) is 11.0 Å². The molecule has 0 aliphatic carbocycles. The third-order valence-electron chi connectivity index (χ3n) is 2.57. The second-order valence-electron chi connectivity index (χ2n) is 4.05. The van der Waals surface area contributed by atoms with Crippen molar-refractivity contribution in [2.75, 3.05) is 13.2 Å². The molecule has 0 aromatic heterocycles. The molecule has 0 atom stereocenters. The molecule has 0 aliphatic rings. The predicted octanol–water partition coefficient (Wildman–Crippen LogP) is 3.91. The normalized spacial score (nSPS) is 10.1. The van der Waals surface area contributed by atoms with E-state index in [0.29, 0.717) is 23.7 Å². The van der Waals surface area contributed by atoms with E-state index < -0.39 is 0 Å². The molecular weight excluding hydrogens is 342 g/mol. The molecule has 1 amide bonds. The average Bonchev–Trinajstić information content (AvgIpc) is 2.45. The standard InChI is InChI=1S/C15H13BrClNO2/c16-13-6-1-2-7-14(13)20-9-8-18-15(19)11-4-3-5-12(17)10-11/h1-7,10H,8-9H2,(H,18,19). The van der Waals surface area contributed by atoms with Crippen molar-refractivity contribution in [1.82, 2.24) is 5.32 Å². The minimum atomic E-state index is -0.164. The Bertz CT molecular complexity index is 604. The molecule has 0 bridgehead atoms. The zero-order valence-electron chi connectivity index (χ0n) is 10.6. The average molecular weight is 355 g/mol. The van der Waals surface area contributed by atoms with Crippen molar-refractivity contribution in [3.05, 3.63) is 63.6 Å². The number of halogens is 2. The molecule has 0 saturated heterocycles. The number of amides is 1. The summed E-state index contributed by atoms with van der Waals surface area (Å²) >= 11 is 9.23. The molecule has 0 fully saturated rings. The molecule has 20 heavy (non-hydrogen) atoms. The topological polar surface area (TPSA) is 38.3 Å². The summed E-state index contributed by atoms with van der Waals surface area (Å²) in [4.78, 5) is 11.8. The molecule has 1 N–H and O–H groups in total. The highest BCUT2D eigenvalue weighted by Crippen LogP contribution is 2.23. The van der Waals surface area contributed by atoms with E-state index in [-0.39, 0.29) is 5.91 Å². The molecule has 104 valence electrons. The van der Waals surface area contributed by atoms with E-state index in [1.54, 1.807) is 24.3 Å². The lowest BCUT2D eigenvalue weighted by Gasteiger charge is -2.09. The maximum absolute atomic E-state index is 11.8. The number of ether oxygens (including phenoxy) is 1. The van der Waals surface area contributed by atoms with Gasteiger partial charge in [0, 0.05) is 10.6 Å². The van der Waals surface area contributed by atoms with Gasteiger partial charge in [-0.05, 0) is 46.3 Å². The summed E-state index contributed by atoms with van der Waals surface area (Å²) in [6.07, 6.45) is 0. The zero-order chi connectivity index (χ0) is 14.4. The van der Waals surface area contributed by atoms with Gasteiger partial charge in [-0.25, -0.2) is 0 Å². The quantitative estimate of drug-likeness (QED) is 0.827. The Morgan fingerprint density at radius 3 is 2.75 bits per heavy atom. The maximum atomic E-state index is 11.8. The van der Waals surface area contributed by atoms with Crippen molar-refractivity contribution in [2.24, 2.45) is 0 Å². The van der Waals surface area contributed by atoms with Crippen LogP contribution in [-0.4, -0.2) is 19.1 Å². The monoisotopic (exact) mass is 353 g/mol. The Kier molecular flexibility index (Phi) is 5.44. The van der Waals surface area contributed by atoms with E-state index in [9.17, 15) is 4.79 Å². The van der Waals surface area contributed by atoms with Crippen molar-refractivity contribution >= 4 is 33.4 Å². The summed E-state index contributed by atoms with van der Waals surface area (Å²) in [5.41, 5.74) is 0.540. The van der Waals surface area contributed by atoms with Gasteiger partial charge in [-0.15, -0.1) is 0 Å². The highest BCUT2D eigenvalue weighted by atomic mass is 79.9. The molecule has 2 aromatic carbocycles. The Balaban J connectivity index is 1.79. The van der Waals surface area contributed by atoms with Crippen LogP contribution in [0.5, 0.6) is 5.75 Å². The number of hydrogen-bond donors (Lipinski definition) is 1. The van der Waals surface area contributed by atoms with E-state index in [4.69, 9.17) is 16.3 Å². The lowest BCUT2D eigenvalue weighted by atomic mass is 10.2. The number of nitrogens with one attached hydrogen (secondary N) is 1. The van der Waals surface area contributed by atoms with Crippen LogP contribution in [0.3, 0.4) is 0 Å². The van der Waals surface area contributed by atoms with Gasteiger partial charge in [0.25, 0.3) is 5.91 Å². The van der Waals surface area contributed by atoms with Crippen molar-refractivity contribution in [2.45, 2.75) is 0 Å². The molecule has 0 spiro atoms. The summed E-state index contributed by atoms with van der Waals surface area (Å²) < 4.78 is 6.45. The number of hydrogen-bond acceptors (Lipinski definition) is 2. The van der Waals surface area contributed by atoms with Gasteiger partial charge < -0.3 is 10.1 Å². The molecule has 0 aliphatic heterocycles. The summed E-state index contributed by atoms with van der Waals surface area (Å²) in [6.45, 7) is 0.821. The highest BCUT2D eigenvalue weighted by Gasteiger charge is 2.05. The maximum Gasteiger partial charge on any atom is 0.251 e. The van der Waals surface area contributed by atoms with Crippen molar-refractivity contribution in [1.29, 1.82) is 0 Å². The number of benzene rings is 2. The second kappa shape index (κ2) is 7.31. The Hall–Kier alpha value is -1.52. The fraction of sp³-hybridized carbons (Fsp3) is 0.133.